The van der Waals surface area contributed by atoms with E-state index in [4.69, 9.17) is 20.2 Å². The second-order valence-corrected chi connectivity index (χ2v) is 9.82. The molecule has 0 saturated carbocycles. The van der Waals surface area contributed by atoms with Crippen molar-refractivity contribution < 1.29 is 14.1 Å². The van der Waals surface area contributed by atoms with Gasteiger partial charge in [-0.05, 0) is 49.1 Å². The molecular weight excluding hydrogens is 402 g/mol. The van der Waals surface area contributed by atoms with Gasteiger partial charge in [-0.1, -0.05) is 43.7 Å². The number of hydrogen-bond acceptors (Lipinski definition) is 5. The topological polar surface area (TPSA) is 79.9 Å². The first-order valence-corrected chi connectivity index (χ1v) is 11.6. The van der Waals surface area contributed by atoms with Gasteiger partial charge < -0.3 is 20.4 Å². The number of nitrogens with two attached hydrogens (primary N) is 1. The first-order valence-electron chi connectivity index (χ1n) is 11.6. The average Bonchev–Trinajstić information content (AvgIpc) is 2.97. The maximum Gasteiger partial charge on any atom is 0.296 e. The van der Waals surface area contributed by atoms with E-state index in [1.54, 1.807) is 7.11 Å². The molecule has 2 aromatic carbocycles. The molecule has 0 aromatic heterocycles. The summed E-state index contributed by atoms with van der Waals surface area (Å²) in [5, 5.41) is 13.7. The van der Waals surface area contributed by atoms with Crippen molar-refractivity contribution in [3.8, 4) is 16.9 Å². The van der Waals surface area contributed by atoms with Crippen LogP contribution in [0.5, 0.6) is 5.75 Å². The molecule has 2 aliphatic rings. The zero-order valence-corrected chi connectivity index (χ0v) is 19.7. The van der Waals surface area contributed by atoms with Crippen molar-refractivity contribution in [2.75, 3.05) is 26.8 Å². The van der Waals surface area contributed by atoms with Crippen LogP contribution < -0.4 is 10.5 Å². The fourth-order valence-electron chi connectivity index (χ4n) is 5.24. The highest BCUT2D eigenvalue weighted by Crippen LogP contribution is 2.50. The predicted molar refractivity (Wildman–Crippen MR) is 128 cm³/mol. The molecule has 0 saturated heterocycles. The minimum Gasteiger partial charge on any atom is -0.625 e. The molecule has 172 valence electrons. The molecule has 6 heteroatoms. The number of hydrogen-bond donors (Lipinski definition) is 1. The van der Waals surface area contributed by atoms with Crippen LogP contribution >= 0.6 is 0 Å². The first-order chi connectivity index (χ1) is 15.2. The number of aryl methyl sites for hydroxylation is 1. The summed E-state index contributed by atoms with van der Waals surface area (Å²) in [5.74, 6) is 0.941. The smallest absolute Gasteiger partial charge is 0.296 e. The molecule has 2 aromatic rings. The molecule has 32 heavy (non-hydrogen) atoms. The van der Waals surface area contributed by atoms with Crippen LogP contribution in [0.15, 0.2) is 47.5 Å². The minimum atomic E-state index is -0.687. The Morgan fingerprint density at radius 1 is 1.19 bits per heavy atom. The summed E-state index contributed by atoms with van der Waals surface area (Å²) < 4.78 is 10.9. The van der Waals surface area contributed by atoms with E-state index >= 15 is 0 Å². The third-order valence-electron chi connectivity index (χ3n) is 6.52. The molecule has 0 aliphatic carbocycles. The van der Waals surface area contributed by atoms with Gasteiger partial charge in [-0.25, -0.2) is 0 Å². The molecule has 0 fully saturated rings. The van der Waals surface area contributed by atoms with Gasteiger partial charge in [0.15, 0.2) is 5.54 Å². The normalized spacial score (nSPS) is 26.0. The second kappa shape index (κ2) is 8.50. The van der Waals surface area contributed by atoms with Crippen LogP contribution in [0.1, 0.15) is 51.2 Å². The first kappa shape index (κ1) is 22.8. The van der Waals surface area contributed by atoms with Gasteiger partial charge in [0, 0.05) is 25.5 Å². The predicted octanol–water partition coefficient (Wildman–Crippen LogP) is 4.74. The van der Waals surface area contributed by atoms with E-state index in [1.165, 1.54) is 5.56 Å². The van der Waals surface area contributed by atoms with Crippen LogP contribution in [0.25, 0.3) is 11.1 Å². The Labute approximate surface area is 191 Å². The highest BCUT2D eigenvalue weighted by atomic mass is 16.6. The molecule has 0 amide bonds. The number of rotatable bonds is 7. The number of ether oxygens (including phenoxy) is 2. The van der Waals surface area contributed by atoms with Gasteiger partial charge >= 0.3 is 0 Å². The summed E-state index contributed by atoms with van der Waals surface area (Å²) in [4.78, 5) is 4.86. The van der Waals surface area contributed by atoms with Crippen LogP contribution in [0.4, 0.5) is 0 Å². The summed E-state index contributed by atoms with van der Waals surface area (Å²) in [6, 6.07) is 14.9. The van der Waals surface area contributed by atoms with E-state index in [0.717, 1.165) is 35.3 Å². The summed E-state index contributed by atoms with van der Waals surface area (Å²) >= 11 is 0. The number of nitrogens with zero attached hydrogens (tertiary/aromatic N) is 2. The van der Waals surface area contributed by atoms with Crippen molar-refractivity contribution in [2.45, 2.75) is 57.6 Å². The lowest BCUT2D eigenvalue weighted by molar-refractivity contribution is -0.789. The summed E-state index contributed by atoms with van der Waals surface area (Å²) in [7, 11) is 1.65. The monoisotopic (exact) mass is 437 g/mol. The third kappa shape index (κ3) is 4.27. The lowest BCUT2D eigenvalue weighted by Gasteiger charge is -2.44. The highest BCUT2D eigenvalue weighted by Gasteiger charge is 2.54. The Bertz CT molecular complexity index is 1020. The molecule has 0 radical (unpaired) electrons. The second-order valence-electron chi connectivity index (χ2n) is 9.82. The molecule has 4 rings (SSSR count). The van der Waals surface area contributed by atoms with E-state index in [-0.39, 0.29) is 5.96 Å². The number of guanidine groups is 1. The molecule has 2 N–H and O–H groups in total. The van der Waals surface area contributed by atoms with Gasteiger partial charge in [0.2, 0.25) is 0 Å². The van der Waals surface area contributed by atoms with Gasteiger partial charge in [-0.3, -0.25) is 4.65 Å². The number of quaternary nitrogens is 1. The number of aliphatic imine (C=N–C) groups is 1. The van der Waals surface area contributed by atoms with E-state index in [2.05, 4.69) is 43.3 Å². The van der Waals surface area contributed by atoms with Gasteiger partial charge in [-0.2, -0.15) is 4.99 Å². The Hall–Kier alpha value is -2.41. The largest absolute Gasteiger partial charge is 0.625 e. The average molecular weight is 438 g/mol. The quantitative estimate of drug-likeness (QED) is 0.385. The molecule has 0 bridgehead atoms. The van der Waals surface area contributed by atoms with Crippen molar-refractivity contribution in [3.63, 3.8) is 0 Å². The number of hydroxylamine groups is 3. The maximum atomic E-state index is 13.7. The van der Waals surface area contributed by atoms with Crippen molar-refractivity contribution in [1.82, 2.24) is 0 Å². The maximum absolute atomic E-state index is 13.7. The van der Waals surface area contributed by atoms with Gasteiger partial charge in [0.25, 0.3) is 5.96 Å². The zero-order valence-electron chi connectivity index (χ0n) is 19.7. The lowest BCUT2D eigenvalue weighted by Crippen LogP contribution is -2.54. The van der Waals surface area contributed by atoms with Crippen LogP contribution in [-0.2, 0) is 16.7 Å². The van der Waals surface area contributed by atoms with Crippen LogP contribution in [0.2, 0.25) is 0 Å². The SMILES string of the molecule is CCCc1cccc(-c2ccc3c(c2)C2(CC(C)(C)O3)C[N+]([O-])(CCCOC)C(N)=N2)c1. The van der Waals surface area contributed by atoms with Gasteiger partial charge in [0.05, 0.1) is 13.2 Å². The van der Waals surface area contributed by atoms with Crippen molar-refractivity contribution in [2.24, 2.45) is 10.7 Å². The lowest BCUT2D eigenvalue weighted by atomic mass is 9.77. The summed E-state index contributed by atoms with van der Waals surface area (Å²) in [5.41, 5.74) is 9.70. The van der Waals surface area contributed by atoms with Crippen molar-refractivity contribution in [1.29, 1.82) is 0 Å². The van der Waals surface area contributed by atoms with E-state index in [0.29, 0.717) is 32.5 Å². The van der Waals surface area contributed by atoms with Crippen LogP contribution in [-0.4, -0.2) is 43.0 Å². The third-order valence-corrected chi connectivity index (χ3v) is 6.52. The van der Waals surface area contributed by atoms with Crippen LogP contribution in [0, 0.1) is 5.21 Å². The Morgan fingerprint density at radius 2 is 1.97 bits per heavy atom. The highest BCUT2D eigenvalue weighted by molar-refractivity contribution is 5.75. The molecule has 2 aliphatic heterocycles. The van der Waals surface area contributed by atoms with Crippen molar-refractivity contribution in [3.05, 3.63) is 58.8 Å². The molecule has 2 heterocycles. The fourth-order valence-corrected chi connectivity index (χ4v) is 5.24. The molecular formula is C26H35N3O3. The molecule has 1 spiro atoms. The number of benzene rings is 2. The zero-order chi connectivity index (χ0) is 23.0. The van der Waals surface area contributed by atoms with Gasteiger partial charge in [0.1, 0.15) is 17.9 Å². The number of methoxy groups -OCH3 is 1. The van der Waals surface area contributed by atoms with Crippen LogP contribution in [0.3, 0.4) is 0 Å². The standard InChI is InChI=1S/C26H35N3O3/c1-5-8-19-9-6-10-20(15-19)21-11-12-23-22(16-21)26(17-25(2,3)32-23)18-29(30,24(27)28-26)13-7-14-31-4/h6,9-12,15-16H,5,7-8,13-14,17-18H2,1-4H3,(H2,27,28). The van der Waals surface area contributed by atoms with Gasteiger partial charge in [-0.15, -0.1) is 0 Å². The minimum absolute atomic E-state index is 0.153. The Kier molecular flexibility index (Phi) is 6.05. The van der Waals surface area contributed by atoms with Crippen molar-refractivity contribution >= 4 is 5.96 Å². The Balaban J connectivity index is 1.75. The summed E-state index contributed by atoms with van der Waals surface area (Å²) in [6.07, 6.45) is 3.42. The summed E-state index contributed by atoms with van der Waals surface area (Å²) in [6.45, 7) is 7.48. The van der Waals surface area contributed by atoms with E-state index in [9.17, 15) is 5.21 Å². The Morgan fingerprint density at radius 3 is 2.72 bits per heavy atom. The fraction of sp³-hybridized carbons (Fsp3) is 0.500. The molecule has 6 nitrogen and oxygen atoms in total. The number of fused-ring (bicyclic) bond motifs is 2. The van der Waals surface area contributed by atoms with E-state index < -0.39 is 15.8 Å². The molecule has 2 unspecified atom stereocenters. The van der Waals surface area contributed by atoms with E-state index in [1.807, 2.05) is 19.9 Å². The molecule has 2 atom stereocenters.